The molecule has 0 bridgehead atoms. The van der Waals surface area contributed by atoms with Crippen molar-refractivity contribution >= 4 is 11.4 Å². The minimum atomic E-state index is -0.621. The molecule has 174 valence electrons. The molecule has 7 nitrogen and oxygen atoms in total. The zero-order valence-corrected chi connectivity index (χ0v) is 19.6. The highest BCUT2D eigenvalue weighted by atomic mass is 19.1. The molecule has 4 aromatic rings. The first-order valence-electron chi connectivity index (χ1n) is 11.1. The van der Waals surface area contributed by atoms with Crippen LogP contribution in [0.25, 0.3) is 16.9 Å². The van der Waals surface area contributed by atoms with Gasteiger partial charge in [-0.3, -0.25) is 9.59 Å². The molecule has 2 N–H and O–H groups in total. The van der Waals surface area contributed by atoms with Gasteiger partial charge >= 0.3 is 0 Å². The molecular formula is C26H26FN5O2. The van der Waals surface area contributed by atoms with Crippen LogP contribution in [0, 0.1) is 26.6 Å². The lowest BCUT2D eigenvalue weighted by molar-refractivity contribution is 0.0511. The largest absolute Gasteiger partial charge is 0.340 e. The summed E-state index contributed by atoms with van der Waals surface area (Å²) in [6, 6.07) is 12.1. The summed E-state index contributed by atoms with van der Waals surface area (Å²) in [5, 5.41) is 7.72. The number of benzene rings is 2. The van der Waals surface area contributed by atoms with Gasteiger partial charge in [0.1, 0.15) is 11.3 Å². The number of carbonyl (C=O) groups is 1. The Kier molecular flexibility index (Phi) is 5.13. The fraction of sp³-hybridized carbons (Fsp3) is 0.269. The van der Waals surface area contributed by atoms with E-state index in [0.29, 0.717) is 35.6 Å². The number of carbonyl (C=O) groups excluding carboxylic acids is 1. The minimum absolute atomic E-state index is 0.299. The summed E-state index contributed by atoms with van der Waals surface area (Å²) in [5.41, 5.74) is 4.23. The number of rotatable bonds is 4. The van der Waals surface area contributed by atoms with Crippen LogP contribution in [-0.2, 0) is 5.54 Å². The number of amides is 1. The van der Waals surface area contributed by atoms with Crippen LogP contribution in [0.4, 0.5) is 4.39 Å². The van der Waals surface area contributed by atoms with Gasteiger partial charge in [0.05, 0.1) is 11.1 Å². The fourth-order valence-electron chi connectivity index (χ4n) is 4.75. The van der Waals surface area contributed by atoms with Gasteiger partial charge in [0.15, 0.2) is 5.82 Å². The van der Waals surface area contributed by atoms with Gasteiger partial charge in [0.25, 0.3) is 11.5 Å². The predicted octanol–water partition coefficient (Wildman–Crippen LogP) is 3.32. The number of hydrogen-bond acceptors (Lipinski definition) is 4. The second-order valence-corrected chi connectivity index (χ2v) is 9.28. The molecule has 0 radical (unpaired) electrons. The molecule has 3 heterocycles. The smallest absolute Gasteiger partial charge is 0.275 e. The molecule has 0 spiro atoms. The fourth-order valence-corrected chi connectivity index (χ4v) is 4.75. The van der Waals surface area contributed by atoms with Crippen molar-refractivity contribution in [1.29, 1.82) is 0 Å². The standard InChI is InChI=1S/C26H26FN5O2/c1-15-5-6-18(11-16(15)2)23-28-25(34)22-17(3)21(12-32(22)30-23)24(33)29-26(13-31(4)14-26)19-7-9-20(27)10-8-19/h5-12H,13-14H2,1-4H3,(H,29,33)(H,28,30,34). The first-order chi connectivity index (χ1) is 16.2. The molecule has 2 aromatic carbocycles. The van der Waals surface area contributed by atoms with Gasteiger partial charge in [-0.2, -0.15) is 0 Å². The molecule has 1 fully saturated rings. The van der Waals surface area contributed by atoms with E-state index < -0.39 is 5.54 Å². The summed E-state index contributed by atoms with van der Waals surface area (Å²) in [6.45, 7) is 6.98. The second-order valence-electron chi connectivity index (χ2n) is 9.28. The van der Waals surface area contributed by atoms with Gasteiger partial charge in [-0.05, 0) is 68.3 Å². The number of H-pyrrole nitrogens is 1. The Hall–Kier alpha value is -3.78. The Morgan fingerprint density at radius 1 is 1.09 bits per heavy atom. The van der Waals surface area contributed by atoms with Crippen LogP contribution in [0.2, 0.25) is 0 Å². The van der Waals surface area contributed by atoms with Gasteiger partial charge in [-0.25, -0.2) is 8.91 Å². The van der Waals surface area contributed by atoms with E-state index in [1.165, 1.54) is 16.6 Å². The van der Waals surface area contributed by atoms with Crippen LogP contribution in [0.3, 0.4) is 0 Å². The summed E-state index contributed by atoms with van der Waals surface area (Å²) < 4.78 is 14.9. The van der Waals surface area contributed by atoms with E-state index in [0.717, 1.165) is 22.3 Å². The van der Waals surface area contributed by atoms with E-state index in [1.807, 2.05) is 39.1 Å². The molecule has 0 unspecified atom stereocenters. The number of likely N-dealkylation sites (N-methyl/N-ethyl adjacent to an activating group) is 1. The molecule has 1 amide bonds. The zero-order chi connectivity index (χ0) is 24.2. The number of halogens is 1. The number of aromatic nitrogens is 3. The highest BCUT2D eigenvalue weighted by molar-refractivity contribution is 5.98. The van der Waals surface area contributed by atoms with Gasteiger partial charge in [0, 0.05) is 24.8 Å². The molecule has 1 aliphatic rings. The maximum Gasteiger partial charge on any atom is 0.275 e. The number of fused-ring (bicyclic) bond motifs is 1. The van der Waals surface area contributed by atoms with Crippen molar-refractivity contribution in [3.05, 3.63) is 92.6 Å². The van der Waals surface area contributed by atoms with Crippen LogP contribution >= 0.6 is 0 Å². The van der Waals surface area contributed by atoms with Crippen LogP contribution in [-0.4, -0.2) is 45.5 Å². The Labute approximate surface area is 196 Å². The lowest BCUT2D eigenvalue weighted by atomic mass is 9.82. The third-order valence-corrected chi connectivity index (χ3v) is 6.75. The van der Waals surface area contributed by atoms with E-state index in [9.17, 15) is 14.0 Å². The third-order valence-electron chi connectivity index (χ3n) is 6.75. The van der Waals surface area contributed by atoms with Crippen molar-refractivity contribution in [3.8, 4) is 11.4 Å². The van der Waals surface area contributed by atoms with Crippen LogP contribution in [0.15, 0.2) is 53.5 Å². The second kappa shape index (κ2) is 7.92. The van der Waals surface area contributed by atoms with E-state index in [1.54, 1.807) is 25.3 Å². The van der Waals surface area contributed by atoms with Crippen LogP contribution in [0.1, 0.15) is 32.6 Å². The Balaban J connectivity index is 1.52. The quantitative estimate of drug-likeness (QED) is 0.491. The summed E-state index contributed by atoms with van der Waals surface area (Å²) in [4.78, 5) is 31.3. The lowest BCUT2D eigenvalue weighted by Gasteiger charge is -2.49. The maximum atomic E-state index is 13.5. The van der Waals surface area contributed by atoms with E-state index in [2.05, 4.69) is 20.3 Å². The van der Waals surface area contributed by atoms with E-state index in [-0.39, 0.29) is 17.3 Å². The number of nitrogens with one attached hydrogen (secondary N) is 2. The van der Waals surface area contributed by atoms with Crippen LogP contribution < -0.4 is 10.9 Å². The molecule has 0 saturated carbocycles. The molecule has 34 heavy (non-hydrogen) atoms. The maximum absolute atomic E-state index is 13.5. The van der Waals surface area contributed by atoms with Crippen LogP contribution in [0.5, 0.6) is 0 Å². The molecule has 2 aromatic heterocycles. The Morgan fingerprint density at radius 2 is 1.79 bits per heavy atom. The van der Waals surface area contributed by atoms with Gasteiger partial charge in [-0.1, -0.05) is 24.3 Å². The zero-order valence-electron chi connectivity index (χ0n) is 19.6. The van der Waals surface area contributed by atoms with E-state index in [4.69, 9.17) is 0 Å². The molecular weight excluding hydrogens is 433 g/mol. The highest BCUT2D eigenvalue weighted by Gasteiger charge is 2.44. The number of nitrogens with zero attached hydrogens (tertiary/aromatic N) is 3. The molecule has 5 rings (SSSR count). The number of hydrogen-bond donors (Lipinski definition) is 2. The van der Waals surface area contributed by atoms with Crippen molar-refractivity contribution in [2.75, 3.05) is 20.1 Å². The number of likely N-dealkylation sites (tertiary alicyclic amines) is 1. The van der Waals surface area contributed by atoms with Gasteiger partial charge in [-0.15, -0.1) is 5.10 Å². The molecule has 0 atom stereocenters. The Morgan fingerprint density at radius 3 is 2.44 bits per heavy atom. The molecule has 8 heteroatoms. The topological polar surface area (TPSA) is 82.5 Å². The first-order valence-corrected chi connectivity index (χ1v) is 11.1. The van der Waals surface area contributed by atoms with Crippen molar-refractivity contribution < 1.29 is 9.18 Å². The SMILES string of the molecule is Cc1ccc(-c2nn3cc(C(=O)NC4(c5ccc(F)cc5)CN(C)C4)c(C)c3c(=O)[nH]2)cc1C. The first kappa shape index (κ1) is 22.0. The molecule has 1 aliphatic heterocycles. The van der Waals surface area contributed by atoms with Gasteiger partial charge < -0.3 is 15.2 Å². The van der Waals surface area contributed by atoms with Crippen molar-refractivity contribution in [2.45, 2.75) is 26.3 Å². The van der Waals surface area contributed by atoms with Gasteiger partial charge in [0.2, 0.25) is 0 Å². The third kappa shape index (κ3) is 3.60. The summed E-state index contributed by atoms with van der Waals surface area (Å²) >= 11 is 0. The number of aromatic amines is 1. The summed E-state index contributed by atoms with van der Waals surface area (Å²) in [5.74, 6) is -0.184. The summed E-state index contributed by atoms with van der Waals surface area (Å²) in [6.07, 6.45) is 1.60. The average molecular weight is 460 g/mol. The molecule has 0 aliphatic carbocycles. The average Bonchev–Trinajstić information content (AvgIpc) is 3.11. The minimum Gasteiger partial charge on any atom is -0.340 e. The summed E-state index contributed by atoms with van der Waals surface area (Å²) in [7, 11) is 1.96. The molecule has 1 saturated heterocycles. The monoisotopic (exact) mass is 459 g/mol. The lowest BCUT2D eigenvalue weighted by Crippen LogP contribution is -2.66. The number of aryl methyl sites for hydroxylation is 3. The van der Waals surface area contributed by atoms with Crippen molar-refractivity contribution in [3.63, 3.8) is 0 Å². The van der Waals surface area contributed by atoms with E-state index >= 15 is 0 Å². The Bertz CT molecular complexity index is 1480. The highest BCUT2D eigenvalue weighted by Crippen LogP contribution is 2.32. The van der Waals surface area contributed by atoms with Crippen molar-refractivity contribution in [1.82, 2.24) is 24.8 Å². The van der Waals surface area contributed by atoms with Crippen molar-refractivity contribution in [2.24, 2.45) is 0 Å². The normalized spacial score (nSPS) is 15.3. The predicted molar refractivity (Wildman–Crippen MR) is 129 cm³/mol.